The van der Waals surface area contributed by atoms with Gasteiger partial charge in [0.2, 0.25) is 0 Å². The molecule has 4 rings (SSSR count). The minimum Gasteiger partial charge on any atom is -0.368 e. The molecule has 1 saturated heterocycles. The van der Waals surface area contributed by atoms with Gasteiger partial charge in [0.15, 0.2) is 5.69 Å². The molecule has 0 aliphatic carbocycles. The van der Waals surface area contributed by atoms with Crippen LogP contribution in [0.5, 0.6) is 0 Å². The third kappa shape index (κ3) is 3.28. The van der Waals surface area contributed by atoms with Crippen LogP contribution in [0.2, 0.25) is 0 Å². The summed E-state index contributed by atoms with van der Waals surface area (Å²) < 4.78 is 13.0. The fraction of sp³-hybridized carbons (Fsp3) is 0.222. The molecule has 1 aromatic carbocycles. The fourth-order valence-electron chi connectivity index (χ4n) is 2.97. The number of H-pyrrole nitrogens is 1. The smallest absolute Gasteiger partial charge is 0.274 e. The topological polar surface area (TPSA) is 52.2 Å². The zero-order valence-corrected chi connectivity index (χ0v) is 14.3. The summed E-state index contributed by atoms with van der Waals surface area (Å²) in [5.74, 6) is -0.296. The zero-order valence-electron chi connectivity index (χ0n) is 13.5. The van der Waals surface area contributed by atoms with E-state index in [0.29, 0.717) is 18.8 Å². The van der Waals surface area contributed by atoms with Gasteiger partial charge in [0, 0.05) is 31.9 Å². The summed E-state index contributed by atoms with van der Waals surface area (Å²) >= 11 is 1.61. The van der Waals surface area contributed by atoms with E-state index < -0.39 is 0 Å². The van der Waals surface area contributed by atoms with E-state index in [0.717, 1.165) is 29.3 Å². The van der Waals surface area contributed by atoms with Gasteiger partial charge in [-0.3, -0.25) is 9.89 Å². The Morgan fingerprint density at radius 3 is 2.56 bits per heavy atom. The van der Waals surface area contributed by atoms with Gasteiger partial charge in [-0.25, -0.2) is 4.39 Å². The maximum atomic E-state index is 13.0. The molecule has 128 valence electrons. The van der Waals surface area contributed by atoms with Crippen LogP contribution in [0.3, 0.4) is 0 Å². The fourth-order valence-corrected chi connectivity index (χ4v) is 3.66. The Labute approximate surface area is 148 Å². The minimum atomic E-state index is -0.238. The van der Waals surface area contributed by atoms with E-state index in [4.69, 9.17) is 0 Å². The Kier molecular flexibility index (Phi) is 4.23. The van der Waals surface area contributed by atoms with Crippen molar-refractivity contribution in [2.45, 2.75) is 0 Å². The molecule has 0 radical (unpaired) electrons. The van der Waals surface area contributed by atoms with E-state index in [1.807, 2.05) is 22.4 Å². The Bertz CT molecular complexity index is 852. The van der Waals surface area contributed by atoms with Crippen molar-refractivity contribution in [3.05, 3.63) is 59.4 Å². The van der Waals surface area contributed by atoms with E-state index in [9.17, 15) is 9.18 Å². The van der Waals surface area contributed by atoms with Gasteiger partial charge < -0.3 is 9.80 Å². The monoisotopic (exact) mass is 356 g/mol. The molecule has 7 heteroatoms. The number of hydrogen-bond donors (Lipinski definition) is 1. The Morgan fingerprint density at radius 2 is 1.88 bits per heavy atom. The lowest BCUT2D eigenvalue weighted by atomic mass is 10.2. The maximum absolute atomic E-state index is 13.0. The molecule has 1 fully saturated rings. The summed E-state index contributed by atoms with van der Waals surface area (Å²) in [7, 11) is 0. The van der Waals surface area contributed by atoms with Crippen molar-refractivity contribution >= 4 is 22.9 Å². The first-order valence-corrected chi connectivity index (χ1v) is 8.98. The highest BCUT2D eigenvalue weighted by atomic mass is 32.1. The normalized spacial score (nSPS) is 14.8. The first-order valence-electron chi connectivity index (χ1n) is 8.10. The maximum Gasteiger partial charge on any atom is 0.274 e. The number of nitrogens with zero attached hydrogens (tertiary/aromatic N) is 3. The van der Waals surface area contributed by atoms with Gasteiger partial charge >= 0.3 is 0 Å². The molecule has 25 heavy (non-hydrogen) atoms. The number of amides is 1. The average molecular weight is 356 g/mol. The quantitative estimate of drug-likeness (QED) is 0.784. The first-order chi connectivity index (χ1) is 12.2. The van der Waals surface area contributed by atoms with Crippen LogP contribution in [0, 0.1) is 5.82 Å². The number of thiophene rings is 1. The van der Waals surface area contributed by atoms with Gasteiger partial charge in [0.1, 0.15) is 5.82 Å². The van der Waals surface area contributed by atoms with Crippen LogP contribution >= 0.6 is 11.3 Å². The number of aromatic nitrogens is 2. The van der Waals surface area contributed by atoms with Crippen molar-refractivity contribution in [3.63, 3.8) is 0 Å². The third-order valence-electron chi connectivity index (χ3n) is 4.34. The first kappa shape index (κ1) is 15.8. The number of anilines is 1. The van der Waals surface area contributed by atoms with Crippen molar-refractivity contribution in [1.29, 1.82) is 0 Å². The minimum absolute atomic E-state index is 0.0576. The van der Waals surface area contributed by atoms with Crippen molar-refractivity contribution < 1.29 is 9.18 Å². The molecule has 1 N–H and O–H groups in total. The molecule has 0 bridgehead atoms. The van der Waals surface area contributed by atoms with E-state index in [-0.39, 0.29) is 11.7 Å². The molecule has 5 nitrogen and oxygen atoms in total. The number of benzene rings is 1. The molecule has 0 unspecified atom stereocenters. The van der Waals surface area contributed by atoms with Crippen LogP contribution in [0.25, 0.3) is 10.6 Å². The highest BCUT2D eigenvalue weighted by Crippen LogP contribution is 2.24. The number of piperazine rings is 1. The number of carbonyl (C=O) groups excluding carboxylic acids is 1. The van der Waals surface area contributed by atoms with Crippen LogP contribution < -0.4 is 4.90 Å². The summed E-state index contributed by atoms with van der Waals surface area (Å²) in [5, 5.41) is 9.10. The number of hydrogen-bond acceptors (Lipinski definition) is 4. The van der Waals surface area contributed by atoms with Crippen LogP contribution in [0.1, 0.15) is 10.5 Å². The van der Waals surface area contributed by atoms with Crippen LogP contribution in [-0.4, -0.2) is 47.2 Å². The highest BCUT2D eigenvalue weighted by Gasteiger charge is 2.24. The van der Waals surface area contributed by atoms with Crippen LogP contribution in [0.4, 0.5) is 10.1 Å². The molecule has 2 aromatic heterocycles. The van der Waals surface area contributed by atoms with Crippen molar-refractivity contribution in [2.75, 3.05) is 31.1 Å². The van der Waals surface area contributed by atoms with E-state index in [1.54, 1.807) is 29.5 Å². The van der Waals surface area contributed by atoms with E-state index in [1.165, 1.54) is 12.1 Å². The lowest BCUT2D eigenvalue weighted by Gasteiger charge is -2.35. The number of rotatable bonds is 3. The predicted octanol–water partition coefficient (Wildman–Crippen LogP) is 3.24. The highest BCUT2D eigenvalue weighted by molar-refractivity contribution is 7.13. The molecular formula is C18H17FN4OS. The van der Waals surface area contributed by atoms with Crippen molar-refractivity contribution in [2.24, 2.45) is 0 Å². The second kappa shape index (κ2) is 6.68. The predicted molar refractivity (Wildman–Crippen MR) is 96.4 cm³/mol. The average Bonchev–Trinajstić information content (AvgIpc) is 3.33. The standard InChI is InChI=1S/C18H17FN4OS/c19-13-3-5-14(6-4-13)22-7-9-23(10-8-22)18(24)16-12-15(20-21-16)17-2-1-11-25-17/h1-6,11-12H,7-10H2,(H,20,21). The summed E-state index contributed by atoms with van der Waals surface area (Å²) in [5.41, 5.74) is 2.29. The van der Waals surface area contributed by atoms with Gasteiger partial charge in [-0.05, 0) is 41.8 Å². The molecule has 0 atom stereocenters. The second-order valence-corrected chi connectivity index (χ2v) is 6.85. The lowest BCUT2D eigenvalue weighted by molar-refractivity contribution is 0.0741. The summed E-state index contributed by atoms with van der Waals surface area (Å²) in [6.45, 7) is 2.69. The van der Waals surface area contributed by atoms with Gasteiger partial charge in [-0.2, -0.15) is 5.10 Å². The zero-order chi connectivity index (χ0) is 17.2. The third-order valence-corrected chi connectivity index (χ3v) is 5.25. The summed E-state index contributed by atoms with van der Waals surface area (Å²) in [6, 6.07) is 12.2. The molecule has 1 amide bonds. The van der Waals surface area contributed by atoms with Gasteiger partial charge in [0.25, 0.3) is 5.91 Å². The Hall–Kier alpha value is -2.67. The van der Waals surface area contributed by atoms with Crippen molar-refractivity contribution in [3.8, 4) is 10.6 Å². The number of halogens is 1. The van der Waals surface area contributed by atoms with E-state index >= 15 is 0 Å². The van der Waals surface area contributed by atoms with Crippen molar-refractivity contribution in [1.82, 2.24) is 15.1 Å². The molecule has 3 aromatic rings. The van der Waals surface area contributed by atoms with Crippen LogP contribution in [0.15, 0.2) is 47.8 Å². The second-order valence-electron chi connectivity index (χ2n) is 5.90. The molecular weight excluding hydrogens is 339 g/mol. The van der Waals surface area contributed by atoms with E-state index in [2.05, 4.69) is 15.1 Å². The summed E-state index contributed by atoms with van der Waals surface area (Å²) in [4.78, 5) is 17.7. The largest absolute Gasteiger partial charge is 0.368 e. The molecule has 0 spiro atoms. The Morgan fingerprint density at radius 1 is 1.12 bits per heavy atom. The lowest BCUT2D eigenvalue weighted by Crippen LogP contribution is -2.48. The Balaban J connectivity index is 1.40. The number of nitrogens with one attached hydrogen (secondary N) is 1. The van der Waals surface area contributed by atoms with Gasteiger partial charge in [0.05, 0.1) is 10.6 Å². The summed E-state index contributed by atoms with van der Waals surface area (Å²) in [6.07, 6.45) is 0. The van der Waals surface area contributed by atoms with Gasteiger partial charge in [-0.15, -0.1) is 11.3 Å². The molecule has 3 heterocycles. The SMILES string of the molecule is O=C(c1cc(-c2cccs2)[nH]n1)N1CCN(c2ccc(F)cc2)CC1. The van der Waals surface area contributed by atoms with Gasteiger partial charge in [-0.1, -0.05) is 6.07 Å². The molecule has 1 aliphatic heterocycles. The molecule has 0 saturated carbocycles. The number of aromatic amines is 1. The number of carbonyl (C=O) groups is 1. The van der Waals surface area contributed by atoms with Crippen LogP contribution in [-0.2, 0) is 0 Å². The molecule has 1 aliphatic rings.